The number of nitrogens with zero attached hydrogens (tertiary/aromatic N) is 2. The van der Waals surface area contributed by atoms with E-state index in [-0.39, 0.29) is 11.4 Å². The summed E-state index contributed by atoms with van der Waals surface area (Å²) in [5, 5.41) is 10.9. The van der Waals surface area contributed by atoms with E-state index in [1.165, 1.54) is 18.3 Å². The number of aryl methyl sites for hydroxylation is 1. The molecule has 0 spiro atoms. The minimum atomic E-state index is -0.479. The Bertz CT molecular complexity index is 599. The molecule has 0 saturated carbocycles. The second-order valence-corrected chi connectivity index (χ2v) is 3.70. The second-order valence-electron chi connectivity index (χ2n) is 3.70. The van der Waals surface area contributed by atoms with Crippen LogP contribution in [0.25, 0.3) is 0 Å². The van der Waals surface area contributed by atoms with E-state index < -0.39 is 4.92 Å². The number of ether oxygens (including phenoxy) is 1. The summed E-state index contributed by atoms with van der Waals surface area (Å²) in [5.74, 6) is 0.928. The average molecular weight is 245 g/mol. The number of nitro benzene ring substituents is 1. The lowest BCUT2D eigenvalue weighted by Gasteiger charge is -2.08. The molecule has 2 rings (SSSR count). The zero-order valence-corrected chi connectivity index (χ0v) is 9.66. The van der Waals surface area contributed by atoms with E-state index >= 15 is 0 Å². The van der Waals surface area contributed by atoms with Crippen molar-refractivity contribution in [1.82, 2.24) is 4.98 Å². The standard InChI is InChI=1S/C12H11N3O3/c1-8-3-2-4-10(15(16)17)12(8)18-9-5-6-14-11(13)7-9/h2-7H,1H3,(H2,13,14). The molecule has 0 aliphatic rings. The second kappa shape index (κ2) is 4.70. The minimum Gasteiger partial charge on any atom is -0.450 e. The van der Waals surface area contributed by atoms with Gasteiger partial charge in [0.1, 0.15) is 11.6 Å². The molecule has 1 aromatic carbocycles. The molecule has 0 radical (unpaired) electrons. The first-order valence-electron chi connectivity index (χ1n) is 5.21. The number of pyridine rings is 1. The third-order valence-electron chi connectivity index (χ3n) is 2.36. The molecule has 0 aliphatic heterocycles. The molecule has 0 bridgehead atoms. The summed E-state index contributed by atoms with van der Waals surface area (Å²) in [5.41, 5.74) is 6.12. The van der Waals surface area contributed by atoms with Crippen molar-refractivity contribution in [1.29, 1.82) is 0 Å². The lowest BCUT2D eigenvalue weighted by Crippen LogP contribution is -1.96. The van der Waals surface area contributed by atoms with Crippen LogP contribution in [0, 0.1) is 17.0 Å². The Kier molecular flexibility index (Phi) is 3.09. The van der Waals surface area contributed by atoms with Crippen LogP contribution < -0.4 is 10.5 Å². The van der Waals surface area contributed by atoms with Gasteiger partial charge in [-0.25, -0.2) is 4.98 Å². The summed E-state index contributed by atoms with van der Waals surface area (Å²) in [6, 6.07) is 7.85. The molecule has 2 aromatic rings. The predicted molar refractivity (Wildman–Crippen MR) is 66.6 cm³/mol. The molecule has 0 atom stereocenters. The van der Waals surface area contributed by atoms with E-state index in [4.69, 9.17) is 10.5 Å². The Morgan fingerprint density at radius 1 is 1.39 bits per heavy atom. The summed E-state index contributed by atoms with van der Waals surface area (Å²) in [6.45, 7) is 1.74. The highest BCUT2D eigenvalue weighted by molar-refractivity contribution is 5.53. The molecule has 18 heavy (non-hydrogen) atoms. The molecule has 0 amide bonds. The smallest absolute Gasteiger partial charge is 0.311 e. The number of nitrogen functional groups attached to an aromatic ring is 1. The highest BCUT2D eigenvalue weighted by Crippen LogP contribution is 2.34. The van der Waals surface area contributed by atoms with Crippen LogP contribution in [0.4, 0.5) is 11.5 Å². The van der Waals surface area contributed by atoms with E-state index in [9.17, 15) is 10.1 Å². The lowest BCUT2D eigenvalue weighted by atomic mass is 10.2. The number of hydrogen-bond donors (Lipinski definition) is 1. The van der Waals surface area contributed by atoms with Crippen molar-refractivity contribution >= 4 is 11.5 Å². The molecule has 1 aromatic heterocycles. The zero-order valence-electron chi connectivity index (χ0n) is 9.66. The van der Waals surface area contributed by atoms with Crippen LogP contribution in [0.2, 0.25) is 0 Å². The van der Waals surface area contributed by atoms with Crippen LogP contribution in [0.1, 0.15) is 5.56 Å². The topological polar surface area (TPSA) is 91.3 Å². The zero-order chi connectivity index (χ0) is 13.1. The highest BCUT2D eigenvalue weighted by atomic mass is 16.6. The average Bonchev–Trinajstić information content (AvgIpc) is 2.31. The summed E-state index contributed by atoms with van der Waals surface area (Å²) in [7, 11) is 0. The van der Waals surface area contributed by atoms with E-state index in [0.29, 0.717) is 17.1 Å². The minimum absolute atomic E-state index is 0.0783. The van der Waals surface area contributed by atoms with E-state index in [2.05, 4.69) is 4.98 Å². The van der Waals surface area contributed by atoms with Crippen LogP contribution in [0.5, 0.6) is 11.5 Å². The van der Waals surface area contributed by atoms with Gasteiger partial charge in [0.05, 0.1) is 4.92 Å². The number of nitrogens with two attached hydrogens (primary N) is 1. The molecule has 6 nitrogen and oxygen atoms in total. The van der Waals surface area contributed by atoms with Gasteiger partial charge in [-0.05, 0) is 18.6 Å². The van der Waals surface area contributed by atoms with E-state index in [1.54, 1.807) is 25.1 Å². The quantitative estimate of drug-likeness (QED) is 0.663. The van der Waals surface area contributed by atoms with Crippen molar-refractivity contribution < 1.29 is 9.66 Å². The molecule has 6 heteroatoms. The Morgan fingerprint density at radius 3 is 2.83 bits per heavy atom. The van der Waals surface area contributed by atoms with Gasteiger partial charge in [-0.15, -0.1) is 0 Å². The van der Waals surface area contributed by atoms with Gasteiger partial charge < -0.3 is 10.5 Å². The van der Waals surface area contributed by atoms with Crippen molar-refractivity contribution in [2.75, 3.05) is 5.73 Å². The number of benzene rings is 1. The molecule has 92 valence electrons. The van der Waals surface area contributed by atoms with Crippen molar-refractivity contribution in [3.63, 3.8) is 0 Å². The fraction of sp³-hybridized carbons (Fsp3) is 0.0833. The Balaban J connectivity index is 2.42. The van der Waals surface area contributed by atoms with Crippen molar-refractivity contribution in [3.05, 3.63) is 52.2 Å². The van der Waals surface area contributed by atoms with Gasteiger partial charge in [0.25, 0.3) is 0 Å². The lowest BCUT2D eigenvalue weighted by molar-refractivity contribution is -0.385. The molecular formula is C12H11N3O3. The van der Waals surface area contributed by atoms with Crippen molar-refractivity contribution in [2.24, 2.45) is 0 Å². The largest absolute Gasteiger partial charge is 0.450 e. The van der Waals surface area contributed by atoms with E-state index in [1.807, 2.05) is 0 Å². The first-order valence-corrected chi connectivity index (χ1v) is 5.21. The molecule has 2 N–H and O–H groups in total. The first kappa shape index (κ1) is 11.8. The summed E-state index contributed by atoms with van der Waals surface area (Å²) in [4.78, 5) is 14.3. The maximum Gasteiger partial charge on any atom is 0.311 e. The van der Waals surface area contributed by atoms with Crippen LogP contribution in [-0.4, -0.2) is 9.91 Å². The number of rotatable bonds is 3. The van der Waals surface area contributed by atoms with Crippen LogP contribution in [0.3, 0.4) is 0 Å². The monoisotopic (exact) mass is 245 g/mol. The maximum atomic E-state index is 10.9. The van der Waals surface area contributed by atoms with E-state index in [0.717, 1.165) is 0 Å². The number of para-hydroxylation sites is 1. The fourth-order valence-electron chi connectivity index (χ4n) is 1.52. The van der Waals surface area contributed by atoms with Gasteiger partial charge >= 0.3 is 5.69 Å². The van der Waals surface area contributed by atoms with Crippen LogP contribution in [-0.2, 0) is 0 Å². The number of aromatic nitrogens is 1. The summed E-state index contributed by atoms with van der Waals surface area (Å²) < 4.78 is 5.52. The first-order chi connectivity index (χ1) is 8.58. The Labute approximate surface area is 103 Å². The molecule has 0 aliphatic carbocycles. The number of nitro groups is 1. The summed E-state index contributed by atoms with van der Waals surface area (Å²) >= 11 is 0. The molecule has 0 fully saturated rings. The van der Waals surface area contributed by atoms with Crippen molar-refractivity contribution in [3.8, 4) is 11.5 Å². The number of hydrogen-bond acceptors (Lipinski definition) is 5. The number of anilines is 1. The van der Waals surface area contributed by atoms with Gasteiger partial charge in [0.2, 0.25) is 5.75 Å². The third-order valence-corrected chi connectivity index (χ3v) is 2.36. The molecule has 1 heterocycles. The molecule has 0 saturated heterocycles. The van der Waals surface area contributed by atoms with Crippen molar-refractivity contribution in [2.45, 2.75) is 6.92 Å². The fourth-order valence-corrected chi connectivity index (χ4v) is 1.52. The van der Waals surface area contributed by atoms with Gasteiger partial charge in [0.15, 0.2) is 0 Å². The summed E-state index contributed by atoms with van der Waals surface area (Å²) in [6.07, 6.45) is 1.48. The maximum absolute atomic E-state index is 10.9. The molecular weight excluding hydrogens is 234 g/mol. The van der Waals surface area contributed by atoms with Crippen LogP contribution >= 0.6 is 0 Å². The van der Waals surface area contributed by atoms with Gasteiger partial charge in [-0.2, -0.15) is 0 Å². The molecule has 0 unspecified atom stereocenters. The van der Waals surface area contributed by atoms with Crippen LogP contribution in [0.15, 0.2) is 36.5 Å². The predicted octanol–water partition coefficient (Wildman–Crippen LogP) is 2.67. The van der Waals surface area contributed by atoms with Gasteiger partial charge in [-0.1, -0.05) is 12.1 Å². The SMILES string of the molecule is Cc1cccc([N+](=O)[O-])c1Oc1ccnc(N)c1. The highest BCUT2D eigenvalue weighted by Gasteiger charge is 2.17. The third kappa shape index (κ3) is 2.37. The normalized spacial score (nSPS) is 10.1. The van der Waals surface area contributed by atoms with Gasteiger partial charge in [-0.3, -0.25) is 10.1 Å². The Morgan fingerprint density at radius 2 is 2.17 bits per heavy atom. The van der Waals surface area contributed by atoms with Gasteiger partial charge in [0, 0.05) is 18.3 Å². The Hall–Kier alpha value is -2.63.